The molecule has 1 aliphatic carbocycles. The molecular formula is C18H22N4O2. The summed E-state index contributed by atoms with van der Waals surface area (Å²) in [6.45, 7) is 2.15. The molecule has 2 aliphatic rings. The molecule has 1 aliphatic heterocycles. The van der Waals surface area contributed by atoms with Crippen molar-refractivity contribution in [3.05, 3.63) is 53.9 Å². The van der Waals surface area contributed by atoms with Gasteiger partial charge < -0.3 is 15.9 Å². The van der Waals surface area contributed by atoms with Crippen LogP contribution in [0.4, 0.5) is 5.95 Å². The molecule has 4 N–H and O–H groups in total. The van der Waals surface area contributed by atoms with Crippen molar-refractivity contribution in [1.29, 1.82) is 0 Å². The van der Waals surface area contributed by atoms with Crippen LogP contribution in [-0.4, -0.2) is 50.9 Å². The van der Waals surface area contributed by atoms with Crippen molar-refractivity contribution in [2.45, 2.75) is 18.6 Å². The molecule has 24 heavy (non-hydrogen) atoms. The molecule has 126 valence electrons. The van der Waals surface area contributed by atoms with Gasteiger partial charge in [0.1, 0.15) is 0 Å². The van der Waals surface area contributed by atoms with E-state index in [1.165, 1.54) is 5.56 Å². The van der Waals surface area contributed by atoms with Gasteiger partial charge in [-0.3, -0.25) is 4.90 Å². The molecule has 0 radical (unpaired) electrons. The lowest BCUT2D eigenvalue weighted by Gasteiger charge is -2.16. The van der Waals surface area contributed by atoms with Gasteiger partial charge in [0.05, 0.1) is 6.10 Å². The van der Waals surface area contributed by atoms with Crippen molar-refractivity contribution in [3.8, 4) is 0 Å². The van der Waals surface area contributed by atoms with Crippen molar-refractivity contribution in [2.75, 3.05) is 25.4 Å². The van der Waals surface area contributed by atoms with Crippen molar-refractivity contribution in [2.24, 2.45) is 11.3 Å². The molecule has 1 saturated heterocycles. The summed E-state index contributed by atoms with van der Waals surface area (Å²) in [7, 11) is 0. The third kappa shape index (κ3) is 2.38. The van der Waals surface area contributed by atoms with Crippen LogP contribution in [-0.2, 0) is 6.54 Å². The van der Waals surface area contributed by atoms with Gasteiger partial charge in [0, 0.05) is 49.6 Å². The maximum atomic E-state index is 10.7. The van der Waals surface area contributed by atoms with E-state index >= 15 is 0 Å². The first-order valence-electron chi connectivity index (χ1n) is 8.28. The number of benzene rings is 1. The molecule has 0 unspecified atom stereocenters. The maximum absolute atomic E-state index is 10.7. The van der Waals surface area contributed by atoms with Crippen LogP contribution in [0.25, 0.3) is 0 Å². The minimum absolute atomic E-state index is 0.107. The van der Waals surface area contributed by atoms with Crippen LogP contribution in [0.3, 0.4) is 0 Å². The number of nitrogens with two attached hydrogens (primary N) is 1. The van der Waals surface area contributed by atoms with E-state index in [0.717, 1.165) is 12.1 Å². The standard InChI is InChI=1S/C18H22N4O2/c19-17-20-6-12(7-21-17)8-22-9-15(24)18(11-22)14(10-23)16(18)13-4-2-1-3-5-13/h1-7,14-16,23-24H,8-11H2,(H2,19,20,21)/t14-,15-,16-,18-/m1/s1. The third-order valence-electron chi connectivity index (χ3n) is 5.60. The molecule has 1 aromatic heterocycles. The van der Waals surface area contributed by atoms with E-state index in [9.17, 15) is 10.2 Å². The van der Waals surface area contributed by atoms with Crippen LogP contribution in [0.15, 0.2) is 42.7 Å². The van der Waals surface area contributed by atoms with Crippen molar-refractivity contribution in [1.82, 2.24) is 14.9 Å². The van der Waals surface area contributed by atoms with E-state index in [1.807, 2.05) is 18.2 Å². The van der Waals surface area contributed by atoms with Gasteiger partial charge in [0.15, 0.2) is 0 Å². The van der Waals surface area contributed by atoms with E-state index < -0.39 is 6.10 Å². The molecule has 6 heteroatoms. The Labute approximate surface area is 141 Å². The minimum Gasteiger partial charge on any atom is -0.396 e. The number of rotatable bonds is 4. The molecule has 1 aromatic carbocycles. The summed E-state index contributed by atoms with van der Waals surface area (Å²) in [5.41, 5.74) is 7.46. The van der Waals surface area contributed by atoms with Crippen molar-refractivity contribution in [3.63, 3.8) is 0 Å². The summed E-state index contributed by atoms with van der Waals surface area (Å²) in [5.74, 6) is 0.595. The highest BCUT2D eigenvalue weighted by atomic mass is 16.3. The van der Waals surface area contributed by atoms with E-state index in [-0.39, 0.29) is 29.8 Å². The van der Waals surface area contributed by atoms with E-state index in [0.29, 0.717) is 13.1 Å². The topological polar surface area (TPSA) is 95.5 Å². The zero-order valence-electron chi connectivity index (χ0n) is 13.4. The number of nitrogens with zero attached hydrogens (tertiary/aromatic N) is 3. The Bertz CT molecular complexity index is 709. The number of hydrogen-bond donors (Lipinski definition) is 3. The largest absolute Gasteiger partial charge is 0.396 e. The van der Waals surface area contributed by atoms with Crippen LogP contribution >= 0.6 is 0 Å². The lowest BCUT2D eigenvalue weighted by molar-refractivity contribution is 0.111. The molecule has 2 fully saturated rings. The maximum Gasteiger partial charge on any atom is 0.219 e. The van der Waals surface area contributed by atoms with Gasteiger partial charge in [-0.25, -0.2) is 9.97 Å². The Kier molecular flexibility index (Phi) is 3.75. The van der Waals surface area contributed by atoms with Crippen LogP contribution in [0, 0.1) is 11.3 Å². The number of anilines is 1. The Morgan fingerprint density at radius 1 is 1.21 bits per heavy atom. The second-order valence-corrected chi connectivity index (χ2v) is 6.92. The molecule has 1 saturated carbocycles. The number of aliphatic hydroxyl groups excluding tert-OH is 2. The van der Waals surface area contributed by atoms with Crippen LogP contribution in [0.1, 0.15) is 17.0 Å². The molecule has 4 atom stereocenters. The predicted molar refractivity (Wildman–Crippen MR) is 89.9 cm³/mol. The smallest absolute Gasteiger partial charge is 0.219 e. The first-order chi connectivity index (χ1) is 11.6. The first kappa shape index (κ1) is 15.5. The fourth-order valence-corrected chi connectivity index (χ4v) is 4.49. The quantitative estimate of drug-likeness (QED) is 0.763. The van der Waals surface area contributed by atoms with Gasteiger partial charge in [-0.15, -0.1) is 0 Å². The Morgan fingerprint density at radius 2 is 1.92 bits per heavy atom. The fraction of sp³-hybridized carbons (Fsp3) is 0.444. The molecule has 1 spiro atoms. The summed E-state index contributed by atoms with van der Waals surface area (Å²) in [6, 6.07) is 10.2. The first-order valence-corrected chi connectivity index (χ1v) is 8.28. The summed E-state index contributed by atoms with van der Waals surface area (Å²) >= 11 is 0. The van der Waals surface area contributed by atoms with Crippen molar-refractivity contribution >= 4 is 5.95 Å². The molecule has 0 amide bonds. The second-order valence-electron chi connectivity index (χ2n) is 6.92. The average molecular weight is 326 g/mol. The van der Waals surface area contributed by atoms with E-state index in [4.69, 9.17) is 5.73 Å². The fourth-order valence-electron chi connectivity index (χ4n) is 4.49. The van der Waals surface area contributed by atoms with Gasteiger partial charge in [-0.05, 0) is 17.4 Å². The van der Waals surface area contributed by atoms with E-state index in [2.05, 4.69) is 27.0 Å². The second kappa shape index (κ2) is 5.81. The Hall–Kier alpha value is -2.02. The Morgan fingerprint density at radius 3 is 2.58 bits per heavy atom. The molecule has 0 bridgehead atoms. The molecular weight excluding hydrogens is 304 g/mol. The lowest BCUT2D eigenvalue weighted by Crippen LogP contribution is -2.23. The summed E-state index contributed by atoms with van der Waals surface area (Å²) in [6.07, 6.45) is 3.02. The van der Waals surface area contributed by atoms with Gasteiger partial charge in [0.2, 0.25) is 5.95 Å². The van der Waals surface area contributed by atoms with E-state index in [1.54, 1.807) is 12.4 Å². The predicted octanol–water partition coefficient (Wildman–Crippen LogP) is 0.628. The molecule has 6 nitrogen and oxygen atoms in total. The molecule has 2 heterocycles. The average Bonchev–Trinajstić information content (AvgIpc) is 3.14. The van der Waals surface area contributed by atoms with Gasteiger partial charge in [0.25, 0.3) is 0 Å². The highest BCUT2D eigenvalue weighted by Gasteiger charge is 2.70. The highest BCUT2D eigenvalue weighted by Crippen LogP contribution is 2.68. The number of aromatic nitrogens is 2. The summed E-state index contributed by atoms with van der Waals surface area (Å²) in [5, 5.41) is 20.6. The van der Waals surface area contributed by atoms with Crippen molar-refractivity contribution < 1.29 is 10.2 Å². The molecule has 2 aromatic rings. The highest BCUT2D eigenvalue weighted by molar-refractivity contribution is 5.36. The number of β-amino-alcohol motifs (C(OH)–C–C–N with tert-alkyl or cyclic N) is 1. The zero-order valence-corrected chi connectivity index (χ0v) is 13.4. The number of likely N-dealkylation sites (tertiary alicyclic amines) is 1. The Balaban J connectivity index is 1.53. The van der Waals surface area contributed by atoms with Gasteiger partial charge >= 0.3 is 0 Å². The van der Waals surface area contributed by atoms with Crippen LogP contribution < -0.4 is 5.73 Å². The normalized spacial score (nSPS) is 32.3. The van der Waals surface area contributed by atoms with Crippen LogP contribution in [0.2, 0.25) is 0 Å². The SMILES string of the molecule is Nc1ncc(CN2C[C@@H](O)[C@@]3(C2)[C@H](CO)[C@H]3c2ccccc2)cn1. The van der Waals surface area contributed by atoms with Crippen LogP contribution in [0.5, 0.6) is 0 Å². The van der Waals surface area contributed by atoms with Gasteiger partial charge in [-0.2, -0.15) is 0 Å². The number of nitrogen functional groups attached to an aromatic ring is 1. The number of aliphatic hydroxyl groups is 2. The zero-order chi connectivity index (χ0) is 16.7. The summed E-state index contributed by atoms with van der Waals surface area (Å²) < 4.78 is 0. The monoisotopic (exact) mass is 326 g/mol. The third-order valence-corrected chi connectivity index (χ3v) is 5.60. The number of hydrogen-bond acceptors (Lipinski definition) is 6. The lowest BCUT2D eigenvalue weighted by atomic mass is 9.95. The minimum atomic E-state index is -0.436. The molecule has 4 rings (SSSR count). The van der Waals surface area contributed by atoms with Gasteiger partial charge in [-0.1, -0.05) is 30.3 Å². The summed E-state index contributed by atoms with van der Waals surface area (Å²) in [4.78, 5) is 10.3.